The zero-order valence-corrected chi connectivity index (χ0v) is 30.0. The number of methoxy groups -OCH3 is 1. The van der Waals surface area contributed by atoms with Gasteiger partial charge < -0.3 is 14.0 Å². The molecule has 254 valence electrons. The third-order valence-electron chi connectivity index (χ3n) is 12.3. The van der Waals surface area contributed by atoms with E-state index in [9.17, 15) is 0 Å². The molecule has 2 aliphatic carbocycles. The number of hydrogen-bond donors (Lipinski definition) is 0. The van der Waals surface area contributed by atoms with Crippen LogP contribution in [-0.4, -0.2) is 11.5 Å². The molecule has 2 aromatic heterocycles. The highest BCUT2D eigenvalue weighted by Crippen LogP contribution is 2.65. The summed E-state index contributed by atoms with van der Waals surface area (Å²) in [5.41, 5.74) is 18.4. The Kier molecular flexibility index (Phi) is 5.84. The minimum atomic E-state index is -0.501. The van der Waals surface area contributed by atoms with Crippen molar-refractivity contribution < 1.29 is 4.74 Å². The molecule has 1 spiro atoms. The van der Waals surface area contributed by atoms with Crippen LogP contribution in [0.25, 0.3) is 60.3 Å². The average molecular weight is 691 g/mol. The molecule has 0 saturated carbocycles. The number of para-hydroxylation sites is 2. The minimum absolute atomic E-state index is 0.501. The molecule has 0 atom stereocenters. The summed E-state index contributed by atoms with van der Waals surface area (Å²) in [5, 5.41) is 5.07. The largest absolute Gasteiger partial charge is 0.497 e. The molecule has 3 heteroatoms. The zero-order valence-electron chi connectivity index (χ0n) is 30.0. The van der Waals surface area contributed by atoms with Crippen molar-refractivity contribution in [3.05, 3.63) is 198 Å². The van der Waals surface area contributed by atoms with Crippen LogP contribution in [0.3, 0.4) is 0 Å². The Bertz CT molecular complexity index is 3110. The lowest BCUT2D eigenvalue weighted by atomic mass is 9.70. The van der Waals surface area contributed by atoms with Crippen LogP contribution in [0, 0.1) is 6.92 Å². The van der Waals surface area contributed by atoms with Gasteiger partial charge in [-0.05, 0) is 94.4 Å². The van der Waals surface area contributed by atoms with Gasteiger partial charge in [0.1, 0.15) is 5.75 Å². The molecule has 54 heavy (non-hydrogen) atoms. The lowest BCUT2D eigenvalue weighted by molar-refractivity contribution is 0.415. The average Bonchev–Trinajstić information content (AvgIpc) is 3.94. The molecule has 10 aromatic rings. The fraction of sp³-hybridized carbons (Fsp3) is 0.0588. The van der Waals surface area contributed by atoms with Crippen LogP contribution >= 0.6 is 0 Å². The monoisotopic (exact) mass is 690 g/mol. The molecule has 12 rings (SSSR count). The van der Waals surface area contributed by atoms with Crippen LogP contribution in [0.5, 0.6) is 5.75 Å². The van der Waals surface area contributed by atoms with Gasteiger partial charge in [0.15, 0.2) is 0 Å². The number of benzene rings is 8. The van der Waals surface area contributed by atoms with Crippen molar-refractivity contribution in [2.75, 3.05) is 12.0 Å². The number of hydrogen-bond acceptors (Lipinski definition) is 2. The van der Waals surface area contributed by atoms with E-state index in [1.54, 1.807) is 7.11 Å². The van der Waals surface area contributed by atoms with Crippen LogP contribution in [0.1, 0.15) is 27.8 Å². The molecule has 0 N–H and O–H groups in total. The maximum Gasteiger partial charge on any atom is 0.119 e. The van der Waals surface area contributed by atoms with Gasteiger partial charge in [0.05, 0.1) is 34.8 Å². The van der Waals surface area contributed by atoms with E-state index in [1.165, 1.54) is 88.2 Å². The van der Waals surface area contributed by atoms with Crippen LogP contribution in [0.2, 0.25) is 0 Å². The summed E-state index contributed by atoms with van der Waals surface area (Å²) in [6, 6.07) is 63.2. The second-order valence-corrected chi connectivity index (χ2v) is 14.9. The third-order valence-corrected chi connectivity index (χ3v) is 12.3. The SMILES string of the molecule is COc1ccc(N(c2ccc(C)cc2)c2cc3c(c4c2c2cccc5c6ccccc6n4c52)-c2ccccc2C32c3ccccc3-c3ccccc32)cc1. The van der Waals surface area contributed by atoms with E-state index in [0.29, 0.717) is 0 Å². The first-order valence-corrected chi connectivity index (χ1v) is 18.7. The summed E-state index contributed by atoms with van der Waals surface area (Å²) in [5.74, 6) is 0.836. The number of anilines is 3. The quantitative estimate of drug-likeness (QED) is 0.183. The van der Waals surface area contributed by atoms with Crippen molar-refractivity contribution in [3.8, 4) is 28.0 Å². The molecule has 0 unspecified atom stereocenters. The lowest BCUT2D eigenvalue weighted by Gasteiger charge is -2.33. The normalized spacial score (nSPS) is 13.5. The number of aromatic nitrogens is 1. The van der Waals surface area contributed by atoms with E-state index in [1.807, 2.05) is 0 Å². The summed E-state index contributed by atoms with van der Waals surface area (Å²) in [6.07, 6.45) is 0. The third kappa shape index (κ3) is 3.57. The van der Waals surface area contributed by atoms with Crippen LogP contribution in [0.4, 0.5) is 17.1 Å². The summed E-state index contributed by atoms with van der Waals surface area (Å²) in [7, 11) is 1.73. The summed E-state index contributed by atoms with van der Waals surface area (Å²) in [6.45, 7) is 2.16. The summed E-state index contributed by atoms with van der Waals surface area (Å²) < 4.78 is 8.25. The molecule has 0 bridgehead atoms. The molecular formula is C51H34N2O. The van der Waals surface area contributed by atoms with E-state index in [2.05, 4.69) is 186 Å². The van der Waals surface area contributed by atoms with Gasteiger partial charge in [0.25, 0.3) is 0 Å². The maximum atomic E-state index is 5.67. The number of fused-ring (bicyclic) bond motifs is 17. The summed E-state index contributed by atoms with van der Waals surface area (Å²) >= 11 is 0. The molecular weight excluding hydrogens is 657 g/mol. The van der Waals surface area contributed by atoms with Crippen molar-refractivity contribution in [3.63, 3.8) is 0 Å². The number of ether oxygens (including phenoxy) is 1. The number of rotatable bonds is 4. The highest BCUT2D eigenvalue weighted by atomic mass is 16.5. The van der Waals surface area contributed by atoms with E-state index in [-0.39, 0.29) is 0 Å². The lowest BCUT2D eigenvalue weighted by Crippen LogP contribution is -2.26. The van der Waals surface area contributed by atoms with Gasteiger partial charge in [-0.25, -0.2) is 0 Å². The molecule has 0 fully saturated rings. The Morgan fingerprint density at radius 3 is 1.74 bits per heavy atom. The van der Waals surface area contributed by atoms with Gasteiger partial charge >= 0.3 is 0 Å². The topological polar surface area (TPSA) is 16.9 Å². The zero-order chi connectivity index (χ0) is 35.7. The molecule has 0 amide bonds. The Balaban J connectivity index is 1.34. The Labute approximate surface area is 313 Å². The van der Waals surface area contributed by atoms with E-state index in [4.69, 9.17) is 4.74 Å². The van der Waals surface area contributed by atoms with Crippen molar-refractivity contribution in [1.29, 1.82) is 0 Å². The maximum absolute atomic E-state index is 5.67. The molecule has 2 aliphatic rings. The van der Waals surface area contributed by atoms with E-state index < -0.39 is 5.41 Å². The molecule has 0 aliphatic heterocycles. The van der Waals surface area contributed by atoms with Crippen molar-refractivity contribution in [2.45, 2.75) is 12.3 Å². The van der Waals surface area contributed by atoms with Crippen LogP contribution in [0.15, 0.2) is 170 Å². The van der Waals surface area contributed by atoms with E-state index >= 15 is 0 Å². The molecule has 0 radical (unpaired) electrons. The van der Waals surface area contributed by atoms with Crippen molar-refractivity contribution in [2.24, 2.45) is 0 Å². The predicted octanol–water partition coefficient (Wildman–Crippen LogP) is 13.0. The van der Waals surface area contributed by atoms with Crippen molar-refractivity contribution in [1.82, 2.24) is 4.40 Å². The molecule has 3 nitrogen and oxygen atoms in total. The Morgan fingerprint density at radius 2 is 1.06 bits per heavy atom. The van der Waals surface area contributed by atoms with Gasteiger partial charge in [0.2, 0.25) is 0 Å². The second kappa shape index (κ2) is 10.6. The van der Waals surface area contributed by atoms with Crippen LogP contribution in [-0.2, 0) is 5.41 Å². The van der Waals surface area contributed by atoms with Gasteiger partial charge in [-0.3, -0.25) is 0 Å². The first-order chi connectivity index (χ1) is 26.7. The number of nitrogens with zero attached hydrogens (tertiary/aromatic N) is 2. The highest BCUT2D eigenvalue weighted by Gasteiger charge is 2.53. The Morgan fingerprint density at radius 1 is 0.500 bits per heavy atom. The number of aryl methyl sites for hydroxylation is 1. The molecule has 2 heterocycles. The molecule has 8 aromatic carbocycles. The highest BCUT2D eigenvalue weighted by molar-refractivity contribution is 6.29. The smallest absolute Gasteiger partial charge is 0.119 e. The van der Waals surface area contributed by atoms with Gasteiger partial charge in [-0.15, -0.1) is 0 Å². The summed E-state index contributed by atoms with van der Waals surface area (Å²) in [4.78, 5) is 2.47. The van der Waals surface area contributed by atoms with Gasteiger partial charge in [-0.1, -0.05) is 127 Å². The first kappa shape index (κ1) is 29.7. The van der Waals surface area contributed by atoms with Crippen molar-refractivity contribution >= 4 is 55.2 Å². The van der Waals surface area contributed by atoms with Gasteiger partial charge in [0, 0.05) is 38.5 Å². The fourth-order valence-electron chi connectivity index (χ4n) is 10.2. The van der Waals surface area contributed by atoms with Gasteiger partial charge in [-0.2, -0.15) is 0 Å². The van der Waals surface area contributed by atoms with E-state index in [0.717, 1.165) is 22.8 Å². The molecule has 0 saturated heterocycles. The predicted molar refractivity (Wildman–Crippen MR) is 223 cm³/mol. The minimum Gasteiger partial charge on any atom is -0.497 e. The Hall–Kier alpha value is -6.84. The van der Waals surface area contributed by atoms with Crippen LogP contribution < -0.4 is 9.64 Å². The first-order valence-electron chi connectivity index (χ1n) is 18.7. The fourth-order valence-corrected chi connectivity index (χ4v) is 10.2. The standard InChI is InChI=1S/C51H34N2O/c1-31-22-24-32(25-23-31)52(33-26-28-34(54-2)29-27-33)46-30-44-47(50-48(46)40-17-11-16-38-37-14-6-10-21-45(37)53(50)49(38)40)39-15-5-9-20-43(39)51(44)41-18-7-3-12-35(41)36-13-4-8-19-42(36)51/h3-30H,1-2H3. The second-order valence-electron chi connectivity index (χ2n) is 14.9.